The van der Waals surface area contributed by atoms with E-state index in [9.17, 15) is 0 Å². The summed E-state index contributed by atoms with van der Waals surface area (Å²) < 4.78 is 2.38. The molecule has 1 heterocycles. The predicted molar refractivity (Wildman–Crippen MR) is 236 cm³/mol. The lowest BCUT2D eigenvalue weighted by molar-refractivity contribution is 0.535. The molecule has 3 heteroatoms. The lowest BCUT2D eigenvalue weighted by Gasteiger charge is -2.33. The standard InChI is InChI=1S/C53H43N3/c1-5-17-42(18-6-1)54(43-19-7-2-8-20-43)46-31-27-40(28-32-46)53(37-15-16-38-53)41-29-33-47(34-30-41)55(44-21-9-3-10-22-44)48-35-36-52-50(39-48)49-25-13-14-26-51(49)56(52)45-23-11-4-12-24-45/h1-14,17-36,39H,15-16,37-38H2. The van der Waals surface area contributed by atoms with Crippen LogP contribution in [-0.2, 0) is 5.41 Å². The Hall–Kier alpha value is -6.84. The number of fused-ring (bicyclic) bond motifs is 3. The van der Waals surface area contributed by atoms with Crippen molar-refractivity contribution in [3.05, 3.63) is 223 Å². The van der Waals surface area contributed by atoms with Gasteiger partial charge in [0.25, 0.3) is 0 Å². The maximum atomic E-state index is 2.40. The third-order valence-corrected chi connectivity index (χ3v) is 11.8. The number of hydrogen-bond acceptors (Lipinski definition) is 2. The molecule has 1 fully saturated rings. The zero-order chi connectivity index (χ0) is 37.3. The zero-order valence-electron chi connectivity index (χ0n) is 31.4. The summed E-state index contributed by atoms with van der Waals surface area (Å²) in [4.78, 5) is 4.74. The third kappa shape index (κ3) is 5.93. The van der Waals surface area contributed by atoms with Crippen LogP contribution < -0.4 is 9.80 Å². The van der Waals surface area contributed by atoms with Crippen molar-refractivity contribution in [3.8, 4) is 5.69 Å². The molecule has 0 N–H and O–H groups in total. The second-order valence-corrected chi connectivity index (χ2v) is 14.9. The quantitative estimate of drug-likeness (QED) is 0.147. The Labute approximate surface area is 329 Å². The molecule has 0 radical (unpaired) electrons. The van der Waals surface area contributed by atoms with Crippen molar-refractivity contribution in [2.24, 2.45) is 0 Å². The molecule has 1 aliphatic rings. The number of benzene rings is 8. The third-order valence-electron chi connectivity index (χ3n) is 11.8. The Kier molecular flexibility index (Phi) is 8.69. The van der Waals surface area contributed by atoms with Gasteiger partial charge in [-0.3, -0.25) is 0 Å². The molecule has 1 aliphatic carbocycles. The molecule has 0 spiro atoms. The van der Waals surface area contributed by atoms with Gasteiger partial charge in [-0.2, -0.15) is 0 Å². The van der Waals surface area contributed by atoms with Crippen molar-refractivity contribution in [1.82, 2.24) is 4.57 Å². The van der Waals surface area contributed by atoms with E-state index in [1.165, 1.54) is 51.5 Å². The van der Waals surface area contributed by atoms with Gasteiger partial charge in [0.15, 0.2) is 0 Å². The number of aromatic nitrogens is 1. The lowest BCUT2D eigenvalue weighted by Crippen LogP contribution is -2.24. The largest absolute Gasteiger partial charge is 0.311 e. The maximum Gasteiger partial charge on any atom is 0.0542 e. The minimum absolute atomic E-state index is 0.0167. The summed E-state index contributed by atoms with van der Waals surface area (Å²) in [6, 6.07) is 77.3. The monoisotopic (exact) mass is 721 g/mol. The first-order valence-electron chi connectivity index (χ1n) is 19.8. The first-order chi connectivity index (χ1) is 27.8. The topological polar surface area (TPSA) is 11.4 Å². The molecule has 56 heavy (non-hydrogen) atoms. The molecule has 1 aromatic heterocycles. The van der Waals surface area contributed by atoms with E-state index in [0.717, 1.165) is 47.0 Å². The van der Waals surface area contributed by atoms with Crippen LogP contribution in [0.1, 0.15) is 36.8 Å². The Bertz CT molecular complexity index is 2670. The Morgan fingerprint density at radius 1 is 0.339 bits per heavy atom. The summed E-state index contributed by atoms with van der Waals surface area (Å²) in [6.45, 7) is 0. The summed E-state index contributed by atoms with van der Waals surface area (Å²) >= 11 is 0. The lowest BCUT2D eigenvalue weighted by atomic mass is 9.73. The normalized spacial score (nSPS) is 13.6. The SMILES string of the molecule is c1ccc(N(c2ccccc2)c2ccc(C3(c4ccc(N(c5ccccc5)c5ccc6c(c5)c5ccccc5n6-c5ccccc5)cc4)CCCC3)cc2)cc1. The Balaban J connectivity index is 1.03. The number of para-hydroxylation sites is 5. The van der Waals surface area contributed by atoms with E-state index in [1.807, 2.05) is 0 Å². The van der Waals surface area contributed by atoms with E-state index in [-0.39, 0.29) is 5.41 Å². The molecule has 0 atom stereocenters. The van der Waals surface area contributed by atoms with Crippen LogP contribution in [0.15, 0.2) is 212 Å². The average molecular weight is 722 g/mol. The fourth-order valence-corrected chi connectivity index (χ4v) is 9.16. The summed E-state index contributed by atoms with van der Waals surface area (Å²) in [5.41, 5.74) is 13.3. The van der Waals surface area contributed by atoms with E-state index in [0.29, 0.717) is 0 Å². The van der Waals surface area contributed by atoms with Crippen molar-refractivity contribution in [1.29, 1.82) is 0 Å². The summed E-state index contributed by atoms with van der Waals surface area (Å²) in [6.07, 6.45) is 4.77. The fourth-order valence-electron chi connectivity index (χ4n) is 9.16. The molecule has 0 bridgehead atoms. The van der Waals surface area contributed by atoms with Crippen LogP contribution in [0.2, 0.25) is 0 Å². The molecule has 1 saturated carbocycles. The minimum Gasteiger partial charge on any atom is -0.311 e. The van der Waals surface area contributed by atoms with Crippen LogP contribution in [-0.4, -0.2) is 4.57 Å². The number of anilines is 6. The van der Waals surface area contributed by atoms with Crippen molar-refractivity contribution >= 4 is 55.9 Å². The van der Waals surface area contributed by atoms with Gasteiger partial charge in [0, 0.05) is 56.0 Å². The maximum absolute atomic E-state index is 2.40. The van der Waals surface area contributed by atoms with Gasteiger partial charge in [-0.05, 0) is 121 Å². The van der Waals surface area contributed by atoms with E-state index >= 15 is 0 Å². The van der Waals surface area contributed by atoms with Crippen molar-refractivity contribution < 1.29 is 0 Å². The zero-order valence-corrected chi connectivity index (χ0v) is 31.4. The Morgan fingerprint density at radius 3 is 1.25 bits per heavy atom. The summed E-state index contributed by atoms with van der Waals surface area (Å²) in [5, 5.41) is 2.49. The summed E-state index contributed by atoms with van der Waals surface area (Å²) in [7, 11) is 0. The number of rotatable bonds is 9. The van der Waals surface area contributed by atoms with Gasteiger partial charge < -0.3 is 14.4 Å². The molecule has 0 unspecified atom stereocenters. The molecule has 0 aliphatic heterocycles. The predicted octanol–water partition coefficient (Wildman–Crippen LogP) is 14.6. The smallest absolute Gasteiger partial charge is 0.0542 e. The van der Waals surface area contributed by atoms with E-state index in [2.05, 4.69) is 227 Å². The van der Waals surface area contributed by atoms with Crippen LogP contribution in [0.25, 0.3) is 27.5 Å². The summed E-state index contributed by atoms with van der Waals surface area (Å²) in [5.74, 6) is 0. The molecule has 8 aromatic carbocycles. The van der Waals surface area contributed by atoms with Gasteiger partial charge in [-0.1, -0.05) is 128 Å². The molecule has 0 amide bonds. The van der Waals surface area contributed by atoms with Crippen LogP contribution in [0.4, 0.5) is 34.1 Å². The van der Waals surface area contributed by atoms with Crippen LogP contribution in [0.5, 0.6) is 0 Å². The molecular weight excluding hydrogens is 679 g/mol. The molecule has 270 valence electrons. The van der Waals surface area contributed by atoms with Crippen molar-refractivity contribution in [2.45, 2.75) is 31.1 Å². The van der Waals surface area contributed by atoms with Gasteiger partial charge in [0.1, 0.15) is 0 Å². The molecule has 10 rings (SSSR count). The van der Waals surface area contributed by atoms with Gasteiger partial charge in [-0.25, -0.2) is 0 Å². The highest BCUT2D eigenvalue weighted by atomic mass is 15.1. The van der Waals surface area contributed by atoms with Gasteiger partial charge >= 0.3 is 0 Å². The minimum atomic E-state index is -0.0167. The molecule has 3 nitrogen and oxygen atoms in total. The van der Waals surface area contributed by atoms with Crippen molar-refractivity contribution in [3.63, 3.8) is 0 Å². The average Bonchev–Trinajstić information content (AvgIpc) is 3.90. The number of hydrogen-bond donors (Lipinski definition) is 0. The fraction of sp³-hybridized carbons (Fsp3) is 0.0943. The first kappa shape index (κ1) is 33.7. The van der Waals surface area contributed by atoms with Gasteiger partial charge in [0.2, 0.25) is 0 Å². The van der Waals surface area contributed by atoms with Crippen molar-refractivity contribution in [2.75, 3.05) is 9.80 Å². The van der Waals surface area contributed by atoms with Crippen LogP contribution >= 0.6 is 0 Å². The molecular formula is C53H43N3. The second-order valence-electron chi connectivity index (χ2n) is 14.9. The first-order valence-corrected chi connectivity index (χ1v) is 19.8. The van der Waals surface area contributed by atoms with E-state index in [1.54, 1.807) is 0 Å². The molecule has 0 saturated heterocycles. The highest BCUT2D eigenvalue weighted by molar-refractivity contribution is 6.10. The molecule has 9 aromatic rings. The van der Waals surface area contributed by atoms with E-state index in [4.69, 9.17) is 0 Å². The number of nitrogens with zero attached hydrogens (tertiary/aromatic N) is 3. The van der Waals surface area contributed by atoms with Crippen LogP contribution in [0.3, 0.4) is 0 Å². The van der Waals surface area contributed by atoms with Gasteiger partial charge in [-0.15, -0.1) is 0 Å². The highest BCUT2D eigenvalue weighted by Gasteiger charge is 2.37. The Morgan fingerprint density at radius 2 is 0.732 bits per heavy atom. The highest BCUT2D eigenvalue weighted by Crippen LogP contribution is 2.48. The van der Waals surface area contributed by atoms with Crippen LogP contribution in [0, 0.1) is 0 Å². The second kappa shape index (κ2) is 14.4. The van der Waals surface area contributed by atoms with E-state index < -0.39 is 0 Å². The van der Waals surface area contributed by atoms with Gasteiger partial charge in [0.05, 0.1) is 11.0 Å².